The molecule has 7 heteroatoms. The largest absolute Gasteiger partial charge is 0.444 e. The first-order valence-electron chi connectivity index (χ1n) is 9.55. The monoisotopic (exact) mass is 375 g/mol. The van der Waals surface area contributed by atoms with Gasteiger partial charge in [-0.25, -0.2) is 15.0 Å². The summed E-state index contributed by atoms with van der Waals surface area (Å²) in [5, 5.41) is 0. The minimum absolute atomic E-state index is 0.0543. The number of piperidine rings is 1. The van der Waals surface area contributed by atoms with Crippen LogP contribution in [0.4, 0.5) is 5.95 Å². The number of likely N-dealkylation sites (tertiary alicyclic amines) is 1. The highest BCUT2D eigenvalue weighted by Crippen LogP contribution is 2.44. The highest BCUT2D eigenvalue weighted by Gasteiger charge is 2.44. The Balaban J connectivity index is 1.39. The number of rotatable bonds is 2. The van der Waals surface area contributed by atoms with Crippen molar-refractivity contribution >= 4 is 11.9 Å². The third-order valence-electron chi connectivity index (χ3n) is 5.97. The van der Waals surface area contributed by atoms with E-state index in [1.54, 1.807) is 6.20 Å². The van der Waals surface area contributed by atoms with Gasteiger partial charge in [0.25, 0.3) is 5.91 Å². The molecule has 1 amide bonds. The van der Waals surface area contributed by atoms with Gasteiger partial charge < -0.3 is 15.1 Å². The lowest BCUT2D eigenvalue weighted by molar-refractivity contribution is 0.0633. The van der Waals surface area contributed by atoms with E-state index in [1.165, 1.54) is 12.0 Å². The Bertz CT molecular complexity index is 1010. The predicted molar refractivity (Wildman–Crippen MR) is 104 cm³/mol. The molecule has 1 aromatic carbocycles. The van der Waals surface area contributed by atoms with Crippen LogP contribution in [-0.2, 0) is 11.8 Å². The number of fused-ring (bicyclic) bond motifs is 2. The van der Waals surface area contributed by atoms with E-state index in [0.29, 0.717) is 23.8 Å². The van der Waals surface area contributed by atoms with E-state index in [1.807, 2.05) is 35.4 Å². The standard InChI is InChI=1S/C21H21N5O2/c22-20-24-10-16-6-8-21(18(16)25-20)7-1-9-26(12-21)19(27)15-4-2-14(3-5-15)17-11-23-13-28-17/h2-5,10-11,13H,1,6-9,12H2,(H2,22,24,25). The molecule has 0 saturated carbocycles. The highest BCUT2D eigenvalue weighted by atomic mass is 16.3. The lowest BCUT2D eigenvalue weighted by Crippen LogP contribution is -2.48. The Morgan fingerprint density at radius 3 is 2.82 bits per heavy atom. The zero-order valence-corrected chi connectivity index (χ0v) is 15.5. The molecule has 1 unspecified atom stereocenters. The molecule has 3 aromatic rings. The normalized spacial score (nSPS) is 21.1. The van der Waals surface area contributed by atoms with Crippen molar-refractivity contribution in [3.8, 4) is 11.3 Å². The Labute approximate surface area is 162 Å². The van der Waals surface area contributed by atoms with Crippen molar-refractivity contribution in [2.75, 3.05) is 18.8 Å². The Hall–Kier alpha value is -3.22. The number of carbonyl (C=O) groups excluding carboxylic acids is 1. The number of nitrogen functional groups attached to an aromatic ring is 1. The van der Waals surface area contributed by atoms with Crippen molar-refractivity contribution < 1.29 is 9.21 Å². The van der Waals surface area contributed by atoms with Gasteiger partial charge in [-0.3, -0.25) is 4.79 Å². The molecule has 142 valence electrons. The Morgan fingerprint density at radius 1 is 1.18 bits per heavy atom. The van der Waals surface area contributed by atoms with Crippen molar-refractivity contribution in [2.45, 2.75) is 31.1 Å². The molecule has 1 spiro atoms. The summed E-state index contributed by atoms with van der Waals surface area (Å²) in [5.41, 5.74) is 9.54. The van der Waals surface area contributed by atoms with Crippen LogP contribution in [0.25, 0.3) is 11.3 Å². The number of aromatic nitrogens is 3. The average molecular weight is 375 g/mol. The number of hydrogen-bond donors (Lipinski definition) is 1. The van der Waals surface area contributed by atoms with Gasteiger partial charge >= 0.3 is 0 Å². The first-order chi connectivity index (χ1) is 13.6. The molecule has 7 nitrogen and oxygen atoms in total. The number of anilines is 1. The lowest BCUT2D eigenvalue weighted by atomic mass is 9.77. The molecule has 1 atom stereocenters. The molecule has 5 rings (SSSR count). The molecule has 2 aliphatic rings. The minimum atomic E-state index is -0.0971. The SMILES string of the molecule is Nc1ncc2c(n1)C1(CCCN(C(=O)c3ccc(-c4cnco4)cc3)C1)CC2. The molecule has 0 bridgehead atoms. The third-order valence-corrected chi connectivity index (χ3v) is 5.97. The molecule has 0 radical (unpaired) electrons. The summed E-state index contributed by atoms with van der Waals surface area (Å²) >= 11 is 0. The molecule has 1 aliphatic carbocycles. The summed E-state index contributed by atoms with van der Waals surface area (Å²) in [6, 6.07) is 7.49. The first-order valence-corrected chi connectivity index (χ1v) is 9.55. The maximum atomic E-state index is 13.1. The smallest absolute Gasteiger partial charge is 0.253 e. The van der Waals surface area contributed by atoms with Gasteiger partial charge in [0, 0.05) is 35.8 Å². The Morgan fingerprint density at radius 2 is 2.04 bits per heavy atom. The molecule has 2 aromatic heterocycles. The fraction of sp³-hybridized carbons (Fsp3) is 0.333. The second-order valence-corrected chi connectivity index (χ2v) is 7.66. The van der Waals surface area contributed by atoms with Gasteiger partial charge in [0.05, 0.1) is 11.9 Å². The van der Waals surface area contributed by atoms with Crippen molar-refractivity contribution in [3.05, 3.63) is 59.9 Å². The van der Waals surface area contributed by atoms with Crippen molar-refractivity contribution in [3.63, 3.8) is 0 Å². The van der Waals surface area contributed by atoms with E-state index in [2.05, 4.69) is 15.0 Å². The zero-order valence-electron chi connectivity index (χ0n) is 15.5. The lowest BCUT2D eigenvalue weighted by Gasteiger charge is -2.40. The number of amides is 1. The molecular weight excluding hydrogens is 354 g/mol. The Kier molecular flexibility index (Phi) is 3.89. The van der Waals surface area contributed by atoms with Crippen molar-refractivity contribution in [1.29, 1.82) is 0 Å². The van der Waals surface area contributed by atoms with Gasteiger partial charge in [-0.15, -0.1) is 0 Å². The summed E-state index contributed by atoms with van der Waals surface area (Å²) in [6.45, 7) is 1.44. The van der Waals surface area contributed by atoms with Crippen LogP contribution >= 0.6 is 0 Å². The number of hydrogen-bond acceptors (Lipinski definition) is 6. The number of oxazole rings is 1. The molecule has 2 N–H and O–H groups in total. The number of carbonyl (C=O) groups is 1. The van der Waals surface area contributed by atoms with Crippen LogP contribution < -0.4 is 5.73 Å². The summed E-state index contributed by atoms with van der Waals surface area (Å²) in [7, 11) is 0. The second-order valence-electron chi connectivity index (χ2n) is 7.66. The topological polar surface area (TPSA) is 98.1 Å². The van der Waals surface area contributed by atoms with E-state index in [4.69, 9.17) is 10.2 Å². The van der Waals surface area contributed by atoms with Crippen LogP contribution in [0.2, 0.25) is 0 Å². The molecule has 1 saturated heterocycles. The maximum absolute atomic E-state index is 13.1. The van der Waals surface area contributed by atoms with Crippen LogP contribution in [0, 0.1) is 0 Å². The van der Waals surface area contributed by atoms with E-state index in [9.17, 15) is 4.79 Å². The first kappa shape index (κ1) is 16.9. The van der Waals surface area contributed by atoms with Crippen LogP contribution in [0.3, 0.4) is 0 Å². The quantitative estimate of drug-likeness (QED) is 0.740. The molecule has 1 aliphatic heterocycles. The van der Waals surface area contributed by atoms with Crippen LogP contribution in [-0.4, -0.2) is 38.8 Å². The van der Waals surface area contributed by atoms with E-state index in [-0.39, 0.29) is 11.3 Å². The van der Waals surface area contributed by atoms with Crippen LogP contribution in [0.1, 0.15) is 40.9 Å². The molecule has 1 fully saturated rings. The molecule has 28 heavy (non-hydrogen) atoms. The number of aryl methyl sites for hydroxylation is 1. The van der Waals surface area contributed by atoms with E-state index in [0.717, 1.165) is 43.5 Å². The van der Waals surface area contributed by atoms with E-state index < -0.39 is 0 Å². The molecule has 3 heterocycles. The predicted octanol–water partition coefficient (Wildman–Crippen LogP) is 2.83. The fourth-order valence-electron chi connectivity index (χ4n) is 4.58. The van der Waals surface area contributed by atoms with Gasteiger partial charge in [0.1, 0.15) is 0 Å². The van der Waals surface area contributed by atoms with Gasteiger partial charge in [0.2, 0.25) is 5.95 Å². The second kappa shape index (κ2) is 6.44. The highest BCUT2D eigenvalue weighted by molar-refractivity contribution is 5.94. The molecular formula is C21H21N5O2. The van der Waals surface area contributed by atoms with Gasteiger partial charge in [-0.2, -0.15) is 0 Å². The summed E-state index contributed by atoms with van der Waals surface area (Å²) < 4.78 is 5.31. The third kappa shape index (κ3) is 2.74. The fourth-order valence-corrected chi connectivity index (χ4v) is 4.58. The number of benzene rings is 1. The maximum Gasteiger partial charge on any atom is 0.253 e. The van der Waals surface area contributed by atoms with E-state index >= 15 is 0 Å². The zero-order chi connectivity index (χ0) is 19.1. The van der Waals surface area contributed by atoms with Crippen LogP contribution in [0.5, 0.6) is 0 Å². The number of nitrogens with zero attached hydrogens (tertiary/aromatic N) is 4. The van der Waals surface area contributed by atoms with Gasteiger partial charge in [-0.1, -0.05) is 12.1 Å². The summed E-state index contributed by atoms with van der Waals surface area (Å²) in [5.74, 6) is 1.06. The average Bonchev–Trinajstić information content (AvgIpc) is 3.37. The summed E-state index contributed by atoms with van der Waals surface area (Å²) in [6.07, 6.45) is 8.84. The van der Waals surface area contributed by atoms with Crippen LogP contribution in [0.15, 0.2) is 47.5 Å². The number of nitrogens with two attached hydrogens (primary N) is 1. The minimum Gasteiger partial charge on any atom is -0.444 e. The van der Waals surface area contributed by atoms with Gasteiger partial charge in [-0.05, 0) is 43.4 Å². The van der Waals surface area contributed by atoms with Gasteiger partial charge in [0.15, 0.2) is 12.2 Å². The summed E-state index contributed by atoms with van der Waals surface area (Å²) in [4.78, 5) is 27.7. The van der Waals surface area contributed by atoms with Crippen molar-refractivity contribution in [1.82, 2.24) is 19.9 Å². The van der Waals surface area contributed by atoms with Crippen molar-refractivity contribution in [2.24, 2.45) is 0 Å².